The summed E-state index contributed by atoms with van der Waals surface area (Å²) in [5.74, 6) is -0.594. The molecule has 9 nitrogen and oxygen atoms in total. The minimum atomic E-state index is -4.37. The van der Waals surface area contributed by atoms with Gasteiger partial charge in [0.2, 0.25) is 0 Å². The summed E-state index contributed by atoms with van der Waals surface area (Å²) in [6.45, 7) is -0.543. The molecule has 2 N–H and O–H groups in total. The van der Waals surface area contributed by atoms with Gasteiger partial charge in [0.25, 0.3) is 21.6 Å². The zero-order valence-electron chi connectivity index (χ0n) is 15.4. The van der Waals surface area contributed by atoms with Crippen LogP contribution in [0.15, 0.2) is 71.3 Å². The van der Waals surface area contributed by atoms with Crippen molar-refractivity contribution in [2.75, 3.05) is 10.8 Å². The summed E-state index contributed by atoms with van der Waals surface area (Å²) in [5, 5.41) is 11.3. The fraction of sp³-hybridized carbons (Fsp3) is 0.211. The number of nitro groups is 1. The standard InChI is InChI=1S/C19H20N4O5S/c24-19(21-20-15-8-4-5-9-15)14-22(16-10-2-1-3-11-16)29(27,28)18-13-7-6-12-17(18)23(25)26/h1-3,6-8,10-13,20H,4-5,9,14H2,(H,21,24). The molecule has 0 radical (unpaired) electrons. The van der Waals surface area contributed by atoms with Crippen LogP contribution in [-0.2, 0) is 14.8 Å². The summed E-state index contributed by atoms with van der Waals surface area (Å²) < 4.78 is 27.4. The number of benzene rings is 2. The second-order valence-electron chi connectivity index (χ2n) is 6.37. The number of allylic oxidation sites excluding steroid dienone is 2. The average Bonchev–Trinajstić information content (AvgIpc) is 3.24. The molecule has 0 bridgehead atoms. The number of nitro benzene ring substituents is 1. The first-order chi connectivity index (χ1) is 13.9. The van der Waals surface area contributed by atoms with E-state index in [9.17, 15) is 23.3 Å². The van der Waals surface area contributed by atoms with Crippen LogP contribution in [0.3, 0.4) is 0 Å². The van der Waals surface area contributed by atoms with Crippen LogP contribution < -0.4 is 15.2 Å². The maximum absolute atomic E-state index is 13.3. The predicted molar refractivity (Wildman–Crippen MR) is 107 cm³/mol. The zero-order chi connectivity index (χ0) is 20.9. The van der Waals surface area contributed by atoms with Crippen molar-refractivity contribution >= 4 is 27.3 Å². The maximum Gasteiger partial charge on any atom is 0.289 e. The minimum Gasteiger partial charge on any atom is -0.303 e. The van der Waals surface area contributed by atoms with Crippen LogP contribution in [0.4, 0.5) is 11.4 Å². The van der Waals surface area contributed by atoms with E-state index < -0.39 is 38.0 Å². The molecule has 2 aromatic rings. The number of hydrazine groups is 1. The highest BCUT2D eigenvalue weighted by Gasteiger charge is 2.33. The highest BCUT2D eigenvalue weighted by Crippen LogP contribution is 2.29. The molecule has 1 aliphatic carbocycles. The van der Waals surface area contributed by atoms with Crippen molar-refractivity contribution in [3.8, 4) is 0 Å². The molecule has 0 aliphatic heterocycles. The van der Waals surface area contributed by atoms with Crippen LogP contribution in [0.1, 0.15) is 19.3 Å². The first-order valence-electron chi connectivity index (χ1n) is 8.94. The lowest BCUT2D eigenvalue weighted by atomic mass is 10.3. The van der Waals surface area contributed by atoms with E-state index in [1.807, 2.05) is 6.08 Å². The molecular weight excluding hydrogens is 396 g/mol. The number of sulfonamides is 1. The van der Waals surface area contributed by atoms with Crippen molar-refractivity contribution < 1.29 is 18.1 Å². The van der Waals surface area contributed by atoms with E-state index in [0.29, 0.717) is 0 Å². The van der Waals surface area contributed by atoms with Crippen LogP contribution in [-0.4, -0.2) is 25.8 Å². The smallest absolute Gasteiger partial charge is 0.289 e. The third-order valence-electron chi connectivity index (χ3n) is 4.36. The molecule has 2 aromatic carbocycles. The van der Waals surface area contributed by atoms with Gasteiger partial charge in [0.05, 0.1) is 10.6 Å². The molecule has 0 saturated heterocycles. The Labute approximate surface area is 168 Å². The first kappa shape index (κ1) is 20.3. The number of carbonyl (C=O) groups is 1. The summed E-state index contributed by atoms with van der Waals surface area (Å²) in [5.41, 5.74) is 5.82. The van der Waals surface area contributed by atoms with Gasteiger partial charge < -0.3 is 5.43 Å². The van der Waals surface area contributed by atoms with Crippen molar-refractivity contribution in [1.29, 1.82) is 0 Å². The Morgan fingerprint density at radius 2 is 1.79 bits per heavy atom. The number of nitrogens with one attached hydrogen (secondary N) is 2. The lowest BCUT2D eigenvalue weighted by Crippen LogP contribution is -2.45. The number of amides is 1. The number of hydrogen-bond donors (Lipinski definition) is 2. The molecule has 0 heterocycles. The average molecular weight is 416 g/mol. The molecule has 0 saturated carbocycles. The summed E-state index contributed by atoms with van der Waals surface area (Å²) in [4.78, 5) is 22.5. The molecule has 29 heavy (non-hydrogen) atoms. The lowest BCUT2D eigenvalue weighted by Gasteiger charge is -2.24. The Morgan fingerprint density at radius 3 is 2.45 bits per heavy atom. The van der Waals surface area contributed by atoms with Crippen molar-refractivity contribution in [2.24, 2.45) is 0 Å². The van der Waals surface area contributed by atoms with Gasteiger partial charge in [0.15, 0.2) is 4.90 Å². The highest BCUT2D eigenvalue weighted by atomic mass is 32.2. The Balaban J connectivity index is 1.91. The molecule has 3 rings (SSSR count). The van der Waals surface area contributed by atoms with E-state index in [4.69, 9.17) is 0 Å². The number of anilines is 1. The van der Waals surface area contributed by atoms with Gasteiger partial charge >= 0.3 is 0 Å². The Hall–Kier alpha value is -3.40. The Morgan fingerprint density at radius 1 is 1.10 bits per heavy atom. The summed E-state index contributed by atoms with van der Waals surface area (Å²) in [6, 6.07) is 13.0. The van der Waals surface area contributed by atoms with Crippen LogP contribution >= 0.6 is 0 Å². The lowest BCUT2D eigenvalue weighted by molar-refractivity contribution is -0.387. The Kier molecular flexibility index (Phi) is 6.13. The van der Waals surface area contributed by atoms with E-state index in [1.165, 1.54) is 24.3 Å². The minimum absolute atomic E-state index is 0.223. The summed E-state index contributed by atoms with van der Waals surface area (Å²) in [6.07, 6.45) is 4.66. The number of rotatable bonds is 8. The maximum atomic E-state index is 13.3. The monoisotopic (exact) mass is 416 g/mol. The van der Waals surface area contributed by atoms with Gasteiger partial charge in [-0.1, -0.05) is 36.4 Å². The van der Waals surface area contributed by atoms with Crippen molar-refractivity contribution in [3.05, 3.63) is 76.5 Å². The van der Waals surface area contributed by atoms with Gasteiger partial charge in [-0.25, -0.2) is 8.42 Å². The summed E-state index contributed by atoms with van der Waals surface area (Å²) >= 11 is 0. The highest BCUT2D eigenvalue weighted by molar-refractivity contribution is 7.93. The first-order valence-corrected chi connectivity index (χ1v) is 10.4. The van der Waals surface area contributed by atoms with Crippen LogP contribution in [0.5, 0.6) is 0 Å². The second kappa shape index (κ2) is 8.74. The second-order valence-corrected chi connectivity index (χ2v) is 8.20. The fourth-order valence-electron chi connectivity index (χ4n) is 2.96. The van der Waals surface area contributed by atoms with Crippen LogP contribution in [0.25, 0.3) is 0 Å². The largest absolute Gasteiger partial charge is 0.303 e. The molecular formula is C19H20N4O5S. The van der Waals surface area contributed by atoms with Crippen LogP contribution in [0.2, 0.25) is 0 Å². The van der Waals surface area contributed by atoms with E-state index in [-0.39, 0.29) is 5.69 Å². The van der Waals surface area contributed by atoms with E-state index in [2.05, 4.69) is 10.9 Å². The molecule has 10 heteroatoms. The molecule has 0 aromatic heterocycles. The molecule has 0 unspecified atom stereocenters. The van der Waals surface area contributed by atoms with Gasteiger partial charge in [-0.2, -0.15) is 0 Å². The topological polar surface area (TPSA) is 122 Å². The zero-order valence-corrected chi connectivity index (χ0v) is 16.3. The van der Waals surface area contributed by atoms with Crippen LogP contribution in [0, 0.1) is 10.1 Å². The van der Waals surface area contributed by atoms with Crippen molar-refractivity contribution in [3.63, 3.8) is 0 Å². The van der Waals surface area contributed by atoms with Crippen molar-refractivity contribution in [1.82, 2.24) is 10.9 Å². The van der Waals surface area contributed by atoms with Gasteiger partial charge in [-0.05, 0) is 37.5 Å². The fourth-order valence-corrected chi connectivity index (χ4v) is 4.54. The van der Waals surface area contributed by atoms with E-state index in [0.717, 1.165) is 41.4 Å². The quantitative estimate of drug-likeness (QED) is 0.504. The van der Waals surface area contributed by atoms with E-state index in [1.54, 1.807) is 18.2 Å². The number of hydrogen-bond acceptors (Lipinski definition) is 6. The van der Waals surface area contributed by atoms with Gasteiger partial charge in [-0.15, -0.1) is 0 Å². The molecule has 1 aliphatic rings. The third kappa shape index (κ3) is 4.72. The number of nitrogens with zero attached hydrogens (tertiary/aromatic N) is 2. The van der Waals surface area contributed by atoms with E-state index >= 15 is 0 Å². The SMILES string of the molecule is O=C(CN(c1ccccc1)S(=O)(=O)c1ccccc1[N+](=O)[O-])NNC1=CCCC1. The predicted octanol–water partition coefficient (Wildman–Crippen LogP) is 2.48. The van der Waals surface area contributed by atoms with Gasteiger partial charge in [-0.3, -0.25) is 24.6 Å². The third-order valence-corrected chi connectivity index (χ3v) is 6.19. The molecule has 152 valence electrons. The Bertz CT molecular complexity index is 1040. The van der Waals surface area contributed by atoms with Gasteiger partial charge in [0, 0.05) is 11.8 Å². The molecule has 0 fully saturated rings. The van der Waals surface area contributed by atoms with Crippen molar-refractivity contribution in [2.45, 2.75) is 24.2 Å². The molecule has 0 atom stereocenters. The molecule has 0 spiro atoms. The number of para-hydroxylation sites is 2. The molecule has 1 amide bonds. The van der Waals surface area contributed by atoms with Gasteiger partial charge in [0.1, 0.15) is 6.54 Å². The normalized spacial score (nSPS) is 13.4. The number of carbonyl (C=O) groups excluding carboxylic acids is 1. The summed E-state index contributed by atoms with van der Waals surface area (Å²) in [7, 11) is -4.37.